The van der Waals surface area contributed by atoms with Crippen molar-refractivity contribution in [3.63, 3.8) is 0 Å². The predicted octanol–water partition coefficient (Wildman–Crippen LogP) is -0.687. The Morgan fingerprint density at radius 3 is 1.88 bits per heavy atom. The standard InChI is InChI=1S/C9H12N6O2/c1-2-17-9(16-1,3-14-7-10-5-12-14)4-15-8-11-6-13-15/h5-8H,1-4H2. The van der Waals surface area contributed by atoms with Crippen LogP contribution >= 0.6 is 0 Å². The van der Waals surface area contributed by atoms with Crippen molar-refractivity contribution in [1.82, 2.24) is 29.5 Å². The molecular weight excluding hydrogens is 224 g/mol. The summed E-state index contributed by atoms with van der Waals surface area (Å²) >= 11 is 0. The summed E-state index contributed by atoms with van der Waals surface area (Å²) < 4.78 is 14.7. The van der Waals surface area contributed by atoms with Crippen LogP contribution in [0.5, 0.6) is 0 Å². The lowest BCUT2D eigenvalue weighted by Gasteiger charge is -2.26. The van der Waals surface area contributed by atoms with Crippen LogP contribution in [0.3, 0.4) is 0 Å². The van der Waals surface area contributed by atoms with Gasteiger partial charge in [-0.25, -0.2) is 19.3 Å². The van der Waals surface area contributed by atoms with Crippen molar-refractivity contribution in [3.8, 4) is 0 Å². The molecule has 90 valence electrons. The minimum atomic E-state index is -0.735. The van der Waals surface area contributed by atoms with Crippen LogP contribution in [0, 0.1) is 0 Å². The first kappa shape index (κ1) is 10.4. The first-order valence-electron chi connectivity index (χ1n) is 5.29. The van der Waals surface area contributed by atoms with Crippen molar-refractivity contribution in [3.05, 3.63) is 25.3 Å². The number of hydrogen-bond acceptors (Lipinski definition) is 6. The lowest BCUT2D eigenvalue weighted by molar-refractivity contribution is -0.180. The summed E-state index contributed by atoms with van der Waals surface area (Å²) in [5.74, 6) is -0.735. The van der Waals surface area contributed by atoms with Crippen molar-refractivity contribution >= 4 is 0 Å². The lowest BCUT2D eigenvalue weighted by Crippen LogP contribution is -2.40. The summed E-state index contributed by atoms with van der Waals surface area (Å²) in [5.41, 5.74) is 0. The van der Waals surface area contributed by atoms with Crippen LogP contribution in [0.4, 0.5) is 0 Å². The summed E-state index contributed by atoms with van der Waals surface area (Å²) in [7, 11) is 0. The number of ether oxygens (including phenoxy) is 2. The molecule has 1 aliphatic rings. The second kappa shape index (κ2) is 4.22. The zero-order valence-electron chi connectivity index (χ0n) is 9.14. The predicted molar refractivity (Wildman–Crippen MR) is 54.7 cm³/mol. The van der Waals surface area contributed by atoms with Gasteiger partial charge in [-0.3, -0.25) is 0 Å². The molecule has 0 radical (unpaired) electrons. The number of aromatic nitrogens is 6. The van der Waals surface area contributed by atoms with E-state index < -0.39 is 5.79 Å². The molecule has 0 saturated carbocycles. The average Bonchev–Trinajstić information content (AvgIpc) is 3.01. The second-order valence-electron chi connectivity index (χ2n) is 3.79. The molecule has 0 atom stereocenters. The highest BCUT2D eigenvalue weighted by Gasteiger charge is 2.38. The van der Waals surface area contributed by atoms with Gasteiger partial charge in [0.15, 0.2) is 0 Å². The number of hydrogen-bond donors (Lipinski definition) is 0. The summed E-state index contributed by atoms with van der Waals surface area (Å²) in [5, 5.41) is 8.11. The van der Waals surface area contributed by atoms with E-state index in [0.29, 0.717) is 26.3 Å². The molecule has 2 aromatic rings. The molecule has 1 aliphatic heterocycles. The minimum absolute atomic E-state index is 0.479. The van der Waals surface area contributed by atoms with Gasteiger partial charge in [0, 0.05) is 0 Å². The van der Waals surface area contributed by atoms with E-state index in [9.17, 15) is 0 Å². The smallest absolute Gasteiger partial charge is 0.208 e. The highest BCUT2D eigenvalue weighted by molar-refractivity contribution is 4.76. The normalized spacial score (nSPS) is 18.6. The van der Waals surface area contributed by atoms with Crippen LogP contribution < -0.4 is 0 Å². The molecule has 0 aliphatic carbocycles. The summed E-state index contributed by atoms with van der Waals surface area (Å²) in [6, 6.07) is 0. The third-order valence-electron chi connectivity index (χ3n) is 2.55. The summed E-state index contributed by atoms with van der Waals surface area (Å²) in [4.78, 5) is 7.80. The van der Waals surface area contributed by atoms with E-state index in [2.05, 4.69) is 20.2 Å². The van der Waals surface area contributed by atoms with E-state index in [-0.39, 0.29) is 0 Å². The van der Waals surface area contributed by atoms with Crippen LogP contribution in [-0.2, 0) is 22.6 Å². The maximum absolute atomic E-state index is 5.69. The van der Waals surface area contributed by atoms with E-state index in [4.69, 9.17) is 9.47 Å². The van der Waals surface area contributed by atoms with Crippen molar-refractivity contribution in [2.75, 3.05) is 13.2 Å². The van der Waals surface area contributed by atoms with Crippen LogP contribution in [-0.4, -0.2) is 48.5 Å². The SMILES string of the molecule is c1ncn(CC2(Cn3cncn3)OCCO2)n1. The Hall–Kier alpha value is -1.80. The van der Waals surface area contributed by atoms with Crippen LogP contribution in [0.15, 0.2) is 25.3 Å². The molecule has 8 heteroatoms. The van der Waals surface area contributed by atoms with Gasteiger partial charge in [0.1, 0.15) is 25.3 Å². The Balaban J connectivity index is 1.78. The first-order valence-corrected chi connectivity index (χ1v) is 5.29. The van der Waals surface area contributed by atoms with E-state index in [0.717, 1.165) is 0 Å². The molecule has 3 rings (SSSR count). The molecule has 1 fully saturated rings. The Kier molecular flexibility index (Phi) is 2.57. The minimum Gasteiger partial charge on any atom is -0.344 e. The highest BCUT2D eigenvalue weighted by Crippen LogP contribution is 2.23. The van der Waals surface area contributed by atoms with Gasteiger partial charge in [-0.05, 0) is 0 Å². The van der Waals surface area contributed by atoms with Gasteiger partial charge in [0.05, 0.1) is 26.3 Å². The lowest BCUT2D eigenvalue weighted by atomic mass is 10.3. The molecule has 1 saturated heterocycles. The topological polar surface area (TPSA) is 79.9 Å². The van der Waals surface area contributed by atoms with Crippen LogP contribution in [0.1, 0.15) is 0 Å². The second-order valence-corrected chi connectivity index (χ2v) is 3.79. The molecule has 17 heavy (non-hydrogen) atoms. The maximum Gasteiger partial charge on any atom is 0.208 e. The Morgan fingerprint density at radius 2 is 1.47 bits per heavy atom. The fourth-order valence-electron chi connectivity index (χ4n) is 1.85. The first-order chi connectivity index (χ1) is 8.36. The van der Waals surface area contributed by atoms with Crippen LogP contribution in [0.2, 0.25) is 0 Å². The quantitative estimate of drug-likeness (QED) is 0.699. The molecule has 0 unspecified atom stereocenters. The van der Waals surface area contributed by atoms with E-state index in [1.54, 1.807) is 22.0 Å². The molecule has 3 heterocycles. The van der Waals surface area contributed by atoms with Crippen molar-refractivity contribution in [2.24, 2.45) is 0 Å². The van der Waals surface area contributed by atoms with Gasteiger partial charge in [-0.2, -0.15) is 10.2 Å². The Bertz CT molecular complexity index is 410. The number of rotatable bonds is 4. The Morgan fingerprint density at radius 1 is 0.941 bits per heavy atom. The van der Waals surface area contributed by atoms with E-state index in [1.807, 2.05) is 0 Å². The third kappa shape index (κ3) is 2.17. The monoisotopic (exact) mass is 236 g/mol. The van der Waals surface area contributed by atoms with Gasteiger partial charge >= 0.3 is 0 Å². The molecular formula is C9H12N6O2. The van der Waals surface area contributed by atoms with Crippen molar-refractivity contribution < 1.29 is 9.47 Å². The van der Waals surface area contributed by atoms with E-state index in [1.165, 1.54) is 12.7 Å². The molecule has 0 N–H and O–H groups in total. The zero-order chi connectivity index (χ0) is 11.6. The highest BCUT2D eigenvalue weighted by atomic mass is 16.7. The summed E-state index contributed by atoms with van der Waals surface area (Å²) in [6.07, 6.45) is 6.23. The Labute approximate surface area is 97.2 Å². The van der Waals surface area contributed by atoms with E-state index >= 15 is 0 Å². The fourth-order valence-corrected chi connectivity index (χ4v) is 1.85. The van der Waals surface area contributed by atoms with Gasteiger partial charge in [-0.1, -0.05) is 0 Å². The molecule has 0 amide bonds. The van der Waals surface area contributed by atoms with Crippen molar-refractivity contribution in [2.45, 2.75) is 18.9 Å². The molecule has 0 aromatic carbocycles. The zero-order valence-corrected chi connectivity index (χ0v) is 9.14. The molecule has 0 spiro atoms. The molecule has 0 bridgehead atoms. The van der Waals surface area contributed by atoms with Crippen molar-refractivity contribution in [1.29, 1.82) is 0 Å². The van der Waals surface area contributed by atoms with Gasteiger partial charge in [0.25, 0.3) is 0 Å². The number of nitrogens with zero attached hydrogens (tertiary/aromatic N) is 6. The molecule has 8 nitrogen and oxygen atoms in total. The average molecular weight is 236 g/mol. The maximum atomic E-state index is 5.69. The van der Waals surface area contributed by atoms with Gasteiger partial charge in [0.2, 0.25) is 5.79 Å². The summed E-state index contributed by atoms with van der Waals surface area (Å²) in [6.45, 7) is 2.10. The third-order valence-corrected chi connectivity index (χ3v) is 2.55. The van der Waals surface area contributed by atoms with Gasteiger partial charge < -0.3 is 9.47 Å². The largest absolute Gasteiger partial charge is 0.344 e. The fraction of sp³-hybridized carbons (Fsp3) is 0.556. The molecule has 2 aromatic heterocycles. The van der Waals surface area contributed by atoms with Gasteiger partial charge in [-0.15, -0.1) is 0 Å². The van der Waals surface area contributed by atoms with Crippen LogP contribution in [0.25, 0.3) is 0 Å².